The van der Waals surface area contributed by atoms with E-state index in [0.717, 1.165) is 11.8 Å². The third kappa shape index (κ3) is 4.97. The molecule has 6 heteroatoms. The number of ether oxygens (including phenoxy) is 1. The molecule has 94 valence electrons. The van der Waals surface area contributed by atoms with Crippen molar-refractivity contribution in [1.29, 1.82) is 0 Å². The Morgan fingerprint density at radius 3 is 2.41 bits per heavy atom. The van der Waals surface area contributed by atoms with E-state index in [4.69, 9.17) is 0 Å². The van der Waals surface area contributed by atoms with Crippen molar-refractivity contribution in [3.63, 3.8) is 0 Å². The zero-order chi connectivity index (χ0) is 12.9. The summed E-state index contributed by atoms with van der Waals surface area (Å²) in [5.41, 5.74) is 0.860. The molecule has 0 spiro atoms. The molecule has 0 saturated carbocycles. The van der Waals surface area contributed by atoms with Gasteiger partial charge in [0.2, 0.25) is 10.0 Å². The van der Waals surface area contributed by atoms with E-state index in [0.29, 0.717) is 0 Å². The maximum absolute atomic E-state index is 11.4. The summed E-state index contributed by atoms with van der Waals surface area (Å²) in [5, 5.41) is 0. The molecular formula is C11H15NO4S. The second-order valence-electron chi connectivity index (χ2n) is 3.66. The van der Waals surface area contributed by atoms with Gasteiger partial charge in [0.1, 0.15) is 6.04 Å². The first-order chi connectivity index (χ1) is 7.92. The predicted molar refractivity (Wildman–Crippen MR) is 63.9 cm³/mol. The fraction of sp³-hybridized carbons (Fsp3) is 0.364. The van der Waals surface area contributed by atoms with E-state index in [1.165, 1.54) is 7.11 Å². The first-order valence-electron chi connectivity index (χ1n) is 5.01. The molecule has 1 atom stereocenters. The highest BCUT2D eigenvalue weighted by Crippen LogP contribution is 2.05. The molecule has 1 aromatic carbocycles. The summed E-state index contributed by atoms with van der Waals surface area (Å²) in [7, 11) is -2.22. The minimum Gasteiger partial charge on any atom is -0.468 e. The second-order valence-corrected chi connectivity index (χ2v) is 5.44. The number of hydrogen-bond donors (Lipinski definition) is 1. The van der Waals surface area contributed by atoms with Crippen molar-refractivity contribution in [3.05, 3.63) is 35.9 Å². The van der Waals surface area contributed by atoms with Gasteiger partial charge in [0.05, 0.1) is 13.4 Å². The summed E-state index contributed by atoms with van der Waals surface area (Å²) in [6.45, 7) is 0. The van der Waals surface area contributed by atoms with Gasteiger partial charge >= 0.3 is 5.97 Å². The number of methoxy groups -OCH3 is 1. The topological polar surface area (TPSA) is 72.5 Å². The highest BCUT2D eigenvalue weighted by Gasteiger charge is 2.22. The van der Waals surface area contributed by atoms with Crippen LogP contribution in [0.1, 0.15) is 5.56 Å². The quantitative estimate of drug-likeness (QED) is 0.771. The molecule has 0 heterocycles. The van der Waals surface area contributed by atoms with Gasteiger partial charge in [-0.25, -0.2) is 13.1 Å². The van der Waals surface area contributed by atoms with Crippen molar-refractivity contribution in [2.45, 2.75) is 12.5 Å². The van der Waals surface area contributed by atoms with Crippen LogP contribution in [0.2, 0.25) is 0 Å². The van der Waals surface area contributed by atoms with Crippen LogP contribution in [0.15, 0.2) is 30.3 Å². The predicted octanol–water partition coefficient (Wildman–Crippen LogP) is 0.320. The molecule has 17 heavy (non-hydrogen) atoms. The largest absolute Gasteiger partial charge is 0.468 e. The SMILES string of the molecule is COC(=O)[C@H](Cc1ccccc1)NS(C)(=O)=O. The summed E-state index contributed by atoms with van der Waals surface area (Å²) in [5.74, 6) is -0.598. The zero-order valence-electron chi connectivity index (χ0n) is 9.71. The van der Waals surface area contributed by atoms with E-state index in [-0.39, 0.29) is 6.42 Å². The van der Waals surface area contributed by atoms with Gasteiger partial charge in [0, 0.05) is 0 Å². The molecule has 0 aliphatic rings. The summed E-state index contributed by atoms with van der Waals surface area (Å²) < 4.78 is 29.1. The Hall–Kier alpha value is -1.40. The van der Waals surface area contributed by atoms with Crippen LogP contribution in [0.3, 0.4) is 0 Å². The number of benzene rings is 1. The van der Waals surface area contributed by atoms with Crippen LogP contribution in [-0.2, 0) is 26.0 Å². The van der Waals surface area contributed by atoms with Crippen molar-refractivity contribution in [2.75, 3.05) is 13.4 Å². The van der Waals surface area contributed by atoms with Crippen LogP contribution in [-0.4, -0.2) is 33.8 Å². The van der Waals surface area contributed by atoms with E-state index in [1.807, 2.05) is 30.3 Å². The lowest BCUT2D eigenvalue weighted by molar-refractivity contribution is -0.142. The fourth-order valence-corrected chi connectivity index (χ4v) is 2.12. The van der Waals surface area contributed by atoms with Crippen molar-refractivity contribution in [3.8, 4) is 0 Å². The normalized spacial score (nSPS) is 13.1. The van der Waals surface area contributed by atoms with Crippen molar-refractivity contribution in [1.82, 2.24) is 4.72 Å². The van der Waals surface area contributed by atoms with Gasteiger partial charge < -0.3 is 4.74 Å². The summed E-state index contributed by atoms with van der Waals surface area (Å²) in [4.78, 5) is 11.4. The lowest BCUT2D eigenvalue weighted by Crippen LogP contribution is -2.42. The molecule has 0 aliphatic carbocycles. The van der Waals surface area contributed by atoms with E-state index in [9.17, 15) is 13.2 Å². The molecule has 0 aromatic heterocycles. The standard InChI is InChI=1S/C11H15NO4S/c1-16-11(13)10(12-17(2,14)15)8-9-6-4-3-5-7-9/h3-7,10,12H,8H2,1-2H3/t10-/m0/s1. The smallest absolute Gasteiger partial charge is 0.324 e. The van der Waals surface area contributed by atoms with Gasteiger partial charge in [-0.05, 0) is 12.0 Å². The molecule has 0 amide bonds. The summed E-state index contributed by atoms with van der Waals surface area (Å²) in [6.07, 6.45) is 1.27. The molecule has 0 unspecified atom stereocenters. The monoisotopic (exact) mass is 257 g/mol. The van der Waals surface area contributed by atoms with Gasteiger partial charge in [-0.2, -0.15) is 0 Å². The molecule has 0 aliphatic heterocycles. The molecule has 0 fully saturated rings. The minimum atomic E-state index is -3.45. The summed E-state index contributed by atoms with van der Waals surface area (Å²) in [6, 6.07) is 8.24. The Labute approximate surface area is 101 Å². The highest BCUT2D eigenvalue weighted by atomic mass is 32.2. The van der Waals surface area contributed by atoms with Crippen LogP contribution < -0.4 is 4.72 Å². The van der Waals surface area contributed by atoms with E-state index < -0.39 is 22.0 Å². The number of hydrogen-bond acceptors (Lipinski definition) is 4. The molecule has 1 rings (SSSR count). The maximum atomic E-state index is 11.4. The van der Waals surface area contributed by atoms with Crippen LogP contribution in [0.25, 0.3) is 0 Å². The van der Waals surface area contributed by atoms with Crippen molar-refractivity contribution >= 4 is 16.0 Å². The fourth-order valence-electron chi connectivity index (χ4n) is 1.42. The van der Waals surface area contributed by atoms with Crippen LogP contribution in [0.5, 0.6) is 0 Å². The number of sulfonamides is 1. The third-order valence-corrected chi connectivity index (χ3v) is 2.84. The lowest BCUT2D eigenvalue weighted by Gasteiger charge is -2.14. The van der Waals surface area contributed by atoms with E-state index in [2.05, 4.69) is 9.46 Å². The molecule has 0 radical (unpaired) electrons. The van der Waals surface area contributed by atoms with E-state index >= 15 is 0 Å². The van der Waals surface area contributed by atoms with Gasteiger partial charge in [0.25, 0.3) is 0 Å². The molecule has 0 bridgehead atoms. The average molecular weight is 257 g/mol. The molecular weight excluding hydrogens is 242 g/mol. The van der Waals surface area contributed by atoms with Crippen LogP contribution in [0.4, 0.5) is 0 Å². The number of rotatable bonds is 5. The van der Waals surface area contributed by atoms with Crippen LogP contribution in [0, 0.1) is 0 Å². The average Bonchev–Trinajstić information content (AvgIpc) is 2.27. The van der Waals surface area contributed by atoms with Crippen molar-refractivity contribution in [2.24, 2.45) is 0 Å². The Morgan fingerprint density at radius 1 is 1.35 bits per heavy atom. The second kappa shape index (κ2) is 5.79. The Morgan fingerprint density at radius 2 is 1.94 bits per heavy atom. The lowest BCUT2D eigenvalue weighted by atomic mass is 10.1. The van der Waals surface area contributed by atoms with Gasteiger partial charge in [-0.1, -0.05) is 30.3 Å². The number of nitrogens with one attached hydrogen (secondary N) is 1. The first-order valence-corrected chi connectivity index (χ1v) is 6.90. The van der Waals surface area contributed by atoms with Crippen LogP contribution >= 0.6 is 0 Å². The Balaban J connectivity index is 2.81. The first kappa shape index (κ1) is 13.7. The van der Waals surface area contributed by atoms with Gasteiger partial charge in [0.15, 0.2) is 0 Å². The number of esters is 1. The Bertz CT molecular complexity index is 470. The number of carbonyl (C=O) groups is 1. The molecule has 1 aromatic rings. The van der Waals surface area contributed by atoms with Gasteiger partial charge in [-0.3, -0.25) is 4.79 Å². The maximum Gasteiger partial charge on any atom is 0.324 e. The Kier molecular flexibility index (Phi) is 4.65. The van der Waals surface area contributed by atoms with Gasteiger partial charge in [-0.15, -0.1) is 0 Å². The van der Waals surface area contributed by atoms with E-state index in [1.54, 1.807) is 0 Å². The molecule has 5 nitrogen and oxygen atoms in total. The zero-order valence-corrected chi connectivity index (χ0v) is 10.5. The molecule has 1 N–H and O–H groups in total. The highest BCUT2D eigenvalue weighted by molar-refractivity contribution is 7.88. The minimum absolute atomic E-state index is 0.264. The van der Waals surface area contributed by atoms with Crippen molar-refractivity contribution < 1.29 is 17.9 Å². The summed E-state index contributed by atoms with van der Waals surface area (Å²) >= 11 is 0. The molecule has 0 saturated heterocycles. The number of carbonyl (C=O) groups excluding carboxylic acids is 1. The third-order valence-electron chi connectivity index (χ3n) is 2.12.